The first kappa shape index (κ1) is 15.2. The smallest absolute Gasteiger partial charge is 0.0589 e. The lowest BCUT2D eigenvalue weighted by Gasteiger charge is -2.29. The highest BCUT2D eigenvalue weighted by molar-refractivity contribution is 5.24. The summed E-state index contributed by atoms with van der Waals surface area (Å²) in [6, 6.07) is 9.01. The van der Waals surface area contributed by atoms with Crippen molar-refractivity contribution < 1.29 is 4.74 Å². The van der Waals surface area contributed by atoms with Crippen molar-refractivity contribution >= 4 is 0 Å². The van der Waals surface area contributed by atoms with E-state index in [4.69, 9.17) is 10.5 Å². The highest BCUT2D eigenvalue weighted by Crippen LogP contribution is 2.14. The molecule has 0 fully saturated rings. The van der Waals surface area contributed by atoms with Crippen molar-refractivity contribution in [3.63, 3.8) is 0 Å². The van der Waals surface area contributed by atoms with Crippen molar-refractivity contribution in [2.24, 2.45) is 5.73 Å². The fraction of sp³-hybridized carbons (Fsp3) is 0.600. The third-order valence-corrected chi connectivity index (χ3v) is 3.25. The van der Waals surface area contributed by atoms with Crippen molar-refractivity contribution in [3.05, 3.63) is 35.4 Å². The SMILES string of the molecule is COCCN(CC(N)c1ccc(C)cc1)C(C)C. The summed E-state index contributed by atoms with van der Waals surface area (Å²) in [5.74, 6) is 0. The number of hydrogen-bond acceptors (Lipinski definition) is 3. The first-order chi connectivity index (χ1) is 8.54. The van der Waals surface area contributed by atoms with Gasteiger partial charge in [0.1, 0.15) is 0 Å². The molecule has 0 saturated heterocycles. The molecule has 1 aromatic rings. The zero-order valence-electron chi connectivity index (χ0n) is 12.0. The van der Waals surface area contributed by atoms with Gasteiger partial charge >= 0.3 is 0 Å². The van der Waals surface area contributed by atoms with E-state index in [1.54, 1.807) is 7.11 Å². The van der Waals surface area contributed by atoms with Gasteiger partial charge in [0.05, 0.1) is 6.61 Å². The second kappa shape index (κ2) is 7.52. The minimum Gasteiger partial charge on any atom is -0.383 e. The lowest BCUT2D eigenvalue weighted by Crippen LogP contribution is -2.39. The summed E-state index contributed by atoms with van der Waals surface area (Å²) in [4.78, 5) is 2.36. The molecule has 3 nitrogen and oxygen atoms in total. The Bertz CT molecular complexity index is 335. The number of methoxy groups -OCH3 is 1. The fourth-order valence-corrected chi connectivity index (χ4v) is 1.94. The highest BCUT2D eigenvalue weighted by Gasteiger charge is 2.14. The van der Waals surface area contributed by atoms with Crippen LogP contribution in [-0.4, -0.2) is 37.7 Å². The Hall–Kier alpha value is -0.900. The molecule has 1 unspecified atom stereocenters. The largest absolute Gasteiger partial charge is 0.383 e. The van der Waals surface area contributed by atoms with Gasteiger partial charge in [-0.25, -0.2) is 0 Å². The van der Waals surface area contributed by atoms with E-state index in [1.807, 2.05) is 0 Å². The van der Waals surface area contributed by atoms with Gasteiger partial charge in [0.15, 0.2) is 0 Å². The van der Waals surface area contributed by atoms with Crippen molar-refractivity contribution in [1.29, 1.82) is 0 Å². The Morgan fingerprint density at radius 3 is 2.33 bits per heavy atom. The van der Waals surface area contributed by atoms with Crippen LogP contribution >= 0.6 is 0 Å². The minimum atomic E-state index is 0.0601. The summed E-state index contributed by atoms with van der Waals surface area (Å²) >= 11 is 0. The van der Waals surface area contributed by atoms with E-state index >= 15 is 0 Å². The van der Waals surface area contributed by atoms with Gasteiger partial charge in [-0.3, -0.25) is 4.90 Å². The molecule has 0 aliphatic heterocycles. The van der Waals surface area contributed by atoms with Crippen molar-refractivity contribution in [3.8, 4) is 0 Å². The number of nitrogens with zero attached hydrogens (tertiary/aromatic N) is 1. The number of aryl methyl sites for hydroxylation is 1. The predicted molar refractivity (Wildman–Crippen MR) is 76.7 cm³/mol. The molecule has 1 aromatic carbocycles. The van der Waals surface area contributed by atoms with Crippen LogP contribution in [0.4, 0.5) is 0 Å². The second-order valence-corrected chi connectivity index (χ2v) is 5.10. The maximum atomic E-state index is 6.27. The van der Waals surface area contributed by atoms with Gasteiger partial charge in [0.25, 0.3) is 0 Å². The van der Waals surface area contributed by atoms with Crippen molar-refractivity contribution in [1.82, 2.24) is 4.90 Å². The molecular weight excluding hydrogens is 224 g/mol. The van der Waals surface area contributed by atoms with Crippen molar-refractivity contribution in [2.75, 3.05) is 26.8 Å². The van der Waals surface area contributed by atoms with E-state index < -0.39 is 0 Å². The van der Waals surface area contributed by atoms with Crippen LogP contribution < -0.4 is 5.73 Å². The van der Waals surface area contributed by atoms with Gasteiger partial charge in [-0.05, 0) is 26.3 Å². The molecule has 0 amide bonds. The topological polar surface area (TPSA) is 38.5 Å². The molecule has 1 atom stereocenters. The third-order valence-electron chi connectivity index (χ3n) is 3.25. The van der Waals surface area contributed by atoms with Crippen LogP contribution in [0.5, 0.6) is 0 Å². The number of rotatable bonds is 7. The van der Waals surface area contributed by atoms with E-state index in [1.165, 1.54) is 11.1 Å². The quantitative estimate of drug-likeness (QED) is 0.807. The molecule has 2 N–H and O–H groups in total. The van der Waals surface area contributed by atoms with Crippen LogP contribution in [0.1, 0.15) is 31.0 Å². The first-order valence-corrected chi connectivity index (χ1v) is 6.59. The molecule has 3 heteroatoms. The predicted octanol–water partition coefficient (Wildman–Crippen LogP) is 2.35. The van der Waals surface area contributed by atoms with Crippen LogP contribution in [0.3, 0.4) is 0 Å². The van der Waals surface area contributed by atoms with Gasteiger partial charge < -0.3 is 10.5 Å². The molecule has 0 bridgehead atoms. The van der Waals surface area contributed by atoms with Crippen LogP contribution in [0.2, 0.25) is 0 Å². The lowest BCUT2D eigenvalue weighted by atomic mass is 10.0. The Labute approximate surface area is 111 Å². The normalized spacial score (nSPS) is 13.3. The number of nitrogens with two attached hydrogens (primary N) is 1. The molecule has 0 spiro atoms. The molecule has 1 rings (SSSR count). The molecule has 0 aromatic heterocycles. The van der Waals surface area contributed by atoms with E-state index in [2.05, 4.69) is 49.9 Å². The van der Waals surface area contributed by atoms with Gasteiger partial charge in [-0.2, -0.15) is 0 Å². The summed E-state index contributed by atoms with van der Waals surface area (Å²) in [6.07, 6.45) is 0. The van der Waals surface area contributed by atoms with Crippen molar-refractivity contribution in [2.45, 2.75) is 32.9 Å². The summed E-state index contributed by atoms with van der Waals surface area (Å²) in [5.41, 5.74) is 8.74. The molecule has 0 aliphatic rings. The van der Waals surface area contributed by atoms with E-state index in [-0.39, 0.29) is 6.04 Å². The third kappa shape index (κ3) is 4.77. The van der Waals surface area contributed by atoms with E-state index in [0.29, 0.717) is 6.04 Å². The Kier molecular flexibility index (Phi) is 6.33. The minimum absolute atomic E-state index is 0.0601. The molecule has 0 saturated carbocycles. The summed E-state index contributed by atoms with van der Waals surface area (Å²) < 4.78 is 5.14. The molecule has 0 heterocycles. The molecule has 0 radical (unpaired) electrons. The average Bonchev–Trinajstić information content (AvgIpc) is 2.34. The maximum Gasteiger partial charge on any atom is 0.0589 e. The molecule has 0 aliphatic carbocycles. The van der Waals surface area contributed by atoms with Gasteiger partial charge in [-0.1, -0.05) is 29.8 Å². The van der Waals surface area contributed by atoms with Crippen LogP contribution in [0.15, 0.2) is 24.3 Å². The molecule has 102 valence electrons. The van der Waals surface area contributed by atoms with Gasteiger partial charge in [0, 0.05) is 32.3 Å². The standard InChI is InChI=1S/C15H26N2O/c1-12(2)17(9-10-18-4)11-15(16)14-7-5-13(3)6-8-14/h5-8,12,15H,9-11,16H2,1-4H3. The zero-order chi connectivity index (χ0) is 13.5. The average molecular weight is 250 g/mol. The Morgan fingerprint density at radius 1 is 1.22 bits per heavy atom. The van der Waals surface area contributed by atoms with Gasteiger partial charge in [0.2, 0.25) is 0 Å². The van der Waals surface area contributed by atoms with E-state index in [0.717, 1.165) is 19.7 Å². The lowest BCUT2D eigenvalue weighted by molar-refractivity contribution is 0.125. The maximum absolute atomic E-state index is 6.27. The summed E-state index contributed by atoms with van der Waals surface area (Å²) in [5, 5.41) is 0. The van der Waals surface area contributed by atoms with Crippen LogP contribution in [0.25, 0.3) is 0 Å². The summed E-state index contributed by atoms with van der Waals surface area (Å²) in [6.45, 7) is 9.01. The van der Waals surface area contributed by atoms with Gasteiger partial charge in [-0.15, -0.1) is 0 Å². The first-order valence-electron chi connectivity index (χ1n) is 6.59. The second-order valence-electron chi connectivity index (χ2n) is 5.10. The zero-order valence-corrected chi connectivity index (χ0v) is 12.0. The number of hydrogen-bond donors (Lipinski definition) is 1. The monoisotopic (exact) mass is 250 g/mol. The van der Waals surface area contributed by atoms with E-state index in [9.17, 15) is 0 Å². The molecule has 18 heavy (non-hydrogen) atoms. The summed E-state index contributed by atoms with van der Waals surface area (Å²) in [7, 11) is 1.73. The highest BCUT2D eigenvalue weighted by atomic mass is 16.5. The van der Waals surface area contributed by atoms with Crippen LogP contribution in [-0.2, 0) is 4.74 Å². The fourth-order valence-electron chi connectivity index (χ4n) is 1.94. The van der Waals surface area contributed by atoms with Crippen LogP contribution in [0, 0.1) is 6.92 Å². The Morgan fingerprint density at radius 2 is 1.83 bits per heavy atom. The number of ether oxygens (including phenoxy) is 1. The Balaban J connectivity index is 2.59. The molecular formula is C15H26N2O. The number of benzene rings is 1.